The lowest BCUT2D eigenvalue weighted by Crippen LogP contribution is -2.43. The molecular weight excluding hydrogens is 483 g/mol. The number of hydrogen-bond acceptors (Lipinski definition) is 5. The van der Waals surface area contributed by atoms with Crippen LogP contribution in [0.15, 0.2) is 46.0 Å². The van der Waals surface area contributed by atoms with Gasteiger partial charge in [0.1, 0.15) is 5.76 Å². The highest BCUT2D eigenvalue weighted by Gasteiger charge is 2.18. The second-order valence-corrected chi connectivity index (χ2v) is 6.78. The molecular formula is C21H33IN4O3. The van der Waals surface area contributed by atoms with Crippen molar-refractivity contribution in [3.05, 3.63) is 47.9 Å². The summed E-state index contributed by atoms with van der Waals surface area (Å²) in [6.07, 6.45) is 2.57. The van der Waals surface area contributed by atoms with Gasteiger partial charge < -0.3 is 24.1 Å². The van der Waals surface area contributed by atoms with Gasteiger partial charge in [-0.25, -0.2) is 0 Å². The normalized spacial score (nSPS) is 12.3. The topological polar surface area (TPSA) is 62.5 Å². The number of rotatable bonds is 9. The van der Waals surface area contributed by atoms with Gasteiger partial charge in [0.15, 0.2) is 17.5 Å². The van der Waals surface area contributed by atoms with Gasteiger partial charge in [0.05, 0.1) is 26.5 Å². The zero-order chi connectivity index (χ0) is 20.5. The number of benzene rings is 1. The number of nitrogens with one attached hydrogen (secondary N) is 1. The average Bonchev–Trinajstić information content (AvgIpc) is 3.23. The molecule has 0 saturated carbocycles. The van der Waals surface area contributed by atoms with E-state index in [1.807, 2.05) is 45.4 Å². The molecule has 8 heteroatoms. The van der Waals surface area contributed by atoms with Crippen LogP contribution in [0.25, 0.3) is 0 Å². The van der Waals surface area contributed by atoms with E-state index in [4.69, 9.17) is 13.9 Å². The molecule has 1 unspecified atom stereocenters. The highest BCUT2D eigenvalue weighted by atomic mass is 127. The first-order valence-electron chi connectivity index (χ1n) is 9.32. The third-order valence-corrected chi connectivity index (χ3v) is 4.71. The van der Waals surface area contributed by atoms with Gasteiger partial charge in [-0.05, 0) is 50.3 Å². The van der Waals surface area contributed by atoms with E-state index < -0.39 is 0 Å². The summed E-state index contributed by atoms with van der Waals surface area (Å²) in [4.78, 5) is 8.66. The monoisotopic (exact) mass is 516 g/mol. The number of methoxy groups -OCH3 is 2. The maximum atomic E-state index is 5.57. The van der Waals surface area contributed by atoms with E-state index in [1.54, 1.807) is 27.5 Å². The summed E-state index contributed by atoms with van der Waals surface area (Å²) in [6.45, 7) is 1.52. The predicted molar refractivity (Wildman–Crippen MR) is 128 cm³/mol. The molecule has 1 aromatic heterocycles. The molecule has 162 valence electrons. The van der Waals surface area contributed by atoms with E-state index in [0.717, 1.165) is 36.2 Å². The molecule has 0 aliphatic carbocycles. The van der Waals surface area contributed by atoms with Gasteiger partial charge in [-0.3, -0.25) is 9.89 Å². The van der Waals surface area contributed by atoms with E-state index in [1.165, 1.54) is 5.56 Å². The Labute approximate surface area is 191 Å². The fourth-order valence-corrected chi connectivity index (χ4v) is 3.03. The number of aliphatic imine (C=N–C) groups is 1. The Balaban J connectivity index is 0.00000420. The summed E-state index contributed by atoms with van der Waals surface area (Å²) >= 11 is 0. The van der Waals surface area contributed by atoms with Gasteiger partial charge in [0.25, 0.3) is 0 Å². The average molecular weight is 516 g/mol. The SMILES string of the molecule is CN=C(NCC(c1ccco1)N(C)C)N(C)CCc1ccc(OC)c(OC)c1.I. The van der Waals surface area contributed by atoms with Crippen molar-refractivity contribution in [3.8, 4) is 11.5 Å². The summed E-state index contributed by atoms with van der Waals surface area (Å²) in [5, 5.41) is 3.45. The molecule has 0 amide bonds. The molecule has 0 bridgehead atoms. The molecule has 0 fully saturated rings. The Kier molecular flexibility index (Phi) is 10.9. The van der Waals surface area contributed by atoms with Crippen molar-refractivity contribution in [1.29, 1.82) is 0 Å². The fraction of sp³-hybridized carbons (Fsp3) is 0.476. The zero-order valence-electron chi connectivity index (χ0n) is 18.1. The maximum Gasteiger partial charge on any atom is 0.193 e. The first-order valence-corrected chi connectivity index (χ1v) is 9.32. The van der Waals surface area contributed by atoms with E-state index in [2.05, 4.69) is 26.2 Å². The molecule has 7 nitrogen and oxygen atoms in total. The van der Waals surface area contributed by atoms with Crippen molar-refractivity contribution in [3.63, 3.8) is 0 Å². The van der Waals surface area contributed by atoms with Gasteiger partial charge in [0.2, 0.25) is 0 Å². The van der Waals surface area contributed by atoms with Crippen LogP contribution >= 0.6 is 24.0 Å². The number of ether oxygens (including phenoxy) is 2. The standard InChI is InChI=1S/C21H32N4O3.HI/c1-22-21(23-15-17(24(2)3)18-8-7-13-28-18)25(4)12-11-16-9-10-19(26-5)20(14-16)27-6;/h7-10,13-14,17H,11-12,15H2,1-6H3,(H,22,23);1H. The highest BCUT2D eigenvalue weighted by molar-refractivity contribution is 14.0. The van der Waals surface area contributed by atoms with Crippen molar-refractivity contribution in [2.45, 2.75) is 12.5 Å². The van der Waals surface area contributed by atoms with Crippen molar-refractivity contribution >= 4 is 29.9 Å². The lowest BCUT2D eigenvalue weighted by molar-refractivity contribution is 0.256. The van der Waals surface area contributed by atoms with Crippen LogP contribution in [-0.4, -0.2) is 71.3 Å². The Morgan fingerprint density at radius 3 is 2.41 bits per heavy atom. The number of halogens is 1. The third kappa shape index (κ3) is 7.11. The van der Waals surface area contributed by atoms with E-state index in [0.29, 0.717) is 6.54 Å². The number of furan rings is 1. The lowest BCUT2D eigenvalue weighted by atomic mass is 10.1. The Morgan fingerprint density at radius 1 is 1.14 bits per heavy atom. The second kappa shape index (κ2) is 12.6. The molecule has 0 aliphatic rings. The molecule has 1 aromatic carbocycles. The minimum atomic E-state index is 0. The minimum Gasteiger partial charge on any atom is -0.493 e. The molecule has 0 radical (unpaired) electrons. The molecule has 0 aliphatic heterocycles. The predicted octanol–water partition coefficient (Wildman–Crippen LogP) is 3.27. The number of likely N-dealkylation sites (N-methyl/N-ethyl adjacent to an activating group) is 2. The third-order valence-electron chi connectivity index (χ3n) is 4.71. The van der Waals surface area contributed by atoms with Crippen molar-refractivity contribution in [2.75, 3.05) is 55.5 Å². The van der Waals surface area contributed by atoms with Crippen molar-refractivity contribution in [2.24, 2.45) is 4.99 Å². The number of hydrogen-bond donors (Lipinski definition) is 1. The first-order chi connectivity index (χ1) is 13.5. The number of nitrogens with zero attached hydrogens (tertiary/aromatic N) is 3. The second-order valence-electron chi connectivity index (χ2n) is 6.78. The van der Waals surface area contributed by atoms with Gasteiger partial charge in [0, 0.05) is 27.2 Å². The summed E-state index contributed by atoms with van der Waals surface area (Å²) in [7, 11) is 11.2. The van der Waals surface area contributed by atoms with Crippen molar-refractivity contribution < 1.29 is 13.9 Å². The molecule has 2 aromatic rings. The molecule has 0 saturated heterocycles. The number of guanidine groups is 1. The summed E-state index contributed by atoms with van der Waals surface area (Å²) in [5.74, 6) is 3.27. The Morgan fingerprint density at radius 2 is 1.86 bits per heavy atom. The van der Waals surface area contributed by atoms with Crippen LogP contribution in [0.1, 0.15) is 17.4 Å². The molecule has 2 rings (SSSR count). The Hall–Kier alpha value is -1.94. The zero-order valence-corrected chi connectivity index (χ0v) is 20.5. The van der Waals surface area contributed by atoms with Gasteiger partial charge in [-0.2, -0.15) is 0 Å². The molecule has 0 spiro atoms. The maximum absolute atomic E-state index is 5.57. The first kappa shape index (κ1) is 25.1. The lowest BCUT2D eigenvalue weighted by Gasteiger charge is -2.27. The van der Waals surface area contributed by atoms with Crippen LogP contribution in [-0.2, 0) is 6.42 Å². The summed E-state index contributed by atoms with van der Waals surface area (Å²) in [5.41, 5.74) is 1.18. The van der Waals surface area contributed by atoms with E-state index in [-0.39, 0.29) is 30.0 Å². The summed E-state index contributed by atoms with van der Waals surface area (Å²) < 4.78 is 16.3. The van der Waals surface area contributed by atoms with Crippen LogP contribution in [0, 0.1) is 0 Å². The molecule has 29 heavy (non-hydrogen) atoms. The fourth-order valence-electron chi connectivity index (χ4n) is 3.03. The van der Waals surface area contributed by atoms with Crippen LogP contribution in [0.4, 0.5) is 0 Å². The van der Waals surface area contributed by atoms with Gasteiger partial charge in [-0.1, -0.05) is 6.07 Å². The largest absolute Gasteiger partial charge is 0.493 e. The minimum absolute atomic E-state index is 0. The van der Waals surface area contributed by atoms with Crippen LogP contribution in [0.3, 0.4) is 0 Å². The molecule has 1 heterocycles. The van der Waals surface area contributed by atoms with E-state index in [9.17, 15) is 0 Å². The van der Waals surface area contributed by atoms with Gasteiger partial charge >= 0.3 is 0 Å². The quantitative estimate of drug-likeness (QED) is 0.314. The van der Waals surface area contributed by atoms with Crippen LogP contribution < -0.4 is 14.8 Å². The van der Waals surface area contributed by atoms with E-state index >= 15 is 0 Å². The smallest absolute Gasteiger partial charge is 0.193 e. The molecule has 1 atom stereocenters. The van der Waals surface area contributed by atoms with Gasteiger partial charge in [-0.15, -0.1) is 24.0 Å². The van der Waals surface area contributed by atoms with Crippen LogP contribution in [0.5, 0.6) is 11.5 Å². The molecule has 1 N–H and O–H groups in total. The van der Waals surface area contributed by atoms with Crippen molar-refractivity contribution in [1.82, 2.24) is 15.1 Å². The highest BCUT2D eigenvalue weighted by Crippen LogP contribution is 2.27. The summed E-state index contributed by atoms with van der Waals surface area (Å²) in [6, 6.07) is 10.1. The Bertz CT molecular complexity index is 750. The van der Waals surface area contributed by atoms with Crippen LogP contribution in [0.2, 0.25) is 0 Å².